The second kappa shape index (κ2) is 4.61. The standard InChI is InChI=1S/C15H19N3O/c1-10-8-16-13-6-4-5-7-14(13)18(10)9-15-17-11(2)12(3)19-15/h4-7,10,16H,8-9H2,1-3H3. The van der Waals surface area contributed by atoms with Gasteiger partial charge >= 0.3 is 0 Å². The summed E-state index contributed by atoms with van der Waals surface area (Å²) in [6.07, 6.45) is 0. The summed E-state index contributed by atoms with van der Waals surface area (Å²) < 4.78 is 5.71. The Morgan fingerprint density at radius 3 is 2.89 bits per heavy atom. The van der Waals surface area contributed by atoms with Crippen LogP contribution in [-0.4, -0.2) is 17.6 Å². The van der Waals surface area contributed by atoms with Gasteiger partial charge in [-0.15, -0.1) is 0 Å². The van der Waals surface area contributed by atoms with Crippen LogP contribution in [0.5, 0.6) is 0 Å². The molecule has 0 bridgehead atoms. The Labute approximate surface area is 113 Å². The average Bonchev–Trinajstić information content (AvgIpc) is 2.72. The minimum absolute atomic E-state index is 0.419. The minimum Gasteiger partial charge on any atom is -0.444 e. The molecule has 0 spiro atoms. The van der Waals surface area contributed by atoms with Crippen molar-refractivity contribution in [2.75, 3.05) is 16.8 Å². The molecule has 0 saturated heterocycles. The Hall–Kier alpha value is -1.97. The summed E-state index contributed by atoms with van der Waals surface area (Å²) in [5, 5.41) is 3.45. The van der Waals surface area contributed by atoms with E-state index < -0.39 is 0 Å². The third kappa shape index (κ3) is 2.18. The van der Waals surface area contributed by atoms with Gasteiger partial charge < -0.3 is 14.6 Å². The number of benzene rings is 1. The SMILES string of the molecule is Cc1nc(CN2c3ccccc3NCC2C)oc1C. The van der Waals surface area contributed by atoms with Crippen LogP contribution in [0.1, 0.15) is 24.3 Å². The van der Waals surface area contributed by atoms with E-state index in [2.05, 4.69) is 46.4 Å². The lowest BCUT2D eigenvalue weighted by Gasteiger charge is -2.36. The number of hydrogen-bond donors (Lipinski definition) is 1. The Morgan fingerprint density at radius 2 is 2.16 bits per heavy atom. The third-order valence-electron chi connectivity index (χ3n) is 3.71. The molecule has 3 rings (SSSR count). The number of oxazole rings is 1. The molecule has 1 aliphatic rings. The summed E-state index contributed by atoms with van der Waals surface area (Å²) in [4.78, 5) is 6.83. The van der Waals surface area contributed by atoms with Gasteiger partial charge in [-0.3, -0.25) is 0 Å². The quantitative estimate of drug-likeness (QED) is 0.897. The zero-order valence-electron chi connectivity index (χ0n) is 11.6. The van der Waals surface area contributed by atoms with Crippen molar-refractivity contribution in [1.29, 1.82) is 0 Å². The van der Waals surface area contributed by atoms with Crippen LogP contribution >= 0.6 is 0 Å². The smallest absolute Gasteiger partial charge is 0.214 e. The number of hydrogen-bond acceptors (Lipinski definition) is 4. The molecule has 4 nitrogen and oxygen atoms in total. The van der Waals surface area contributed by atoms with Crippen molar-refractivity contribution in [3.8, 4) is 0 Å². The number of aryl methyl sites for hydroxylation is 2. The Morgan fingerprint density at radius 1 is 1.37 bits per heavy atom. The maximum atomic E-state index is 5.71. The molecule has 1 atom stereocenters. The number of rotatable bonds is 2. The van der Waals surface area contributed by atoms with Crippen LogP contribution < -0.4 is 10.2 Å². The van der Waals surface area contributed by atoms with E-state index in [1.807, 2.05) is 13.8 Å². The predicted octanol–water partition coefficient (Wildman–Crippen LogP) is 3.11. The van der Waals surface area contributed by atoms with Gasteiger partial charge in [0.05, 0.1) is 23.6 Å². The van der Waals surface area contributed by atoms with Gasteiger partial charge in [-0.05, 0) is 32.9 Å². The Bertz CT molecular complexity index is 571. The summed E-state index contributed by atoms with van der Waals surface area (Å²) >= 11 is 0. The highest BCUT2D eigenvalue weighted by atomic mass is 16.4. The predicted molar refractivity (Wildman–Crippen MR) is 76.6 cm³/mol. The van der Waals surface area contributed by atoms with Crippen molar-refractivity contribution >= 4 is 11.4 Å². The van der Waals surface area contributed by atoms with Gasteiger partial charge in [0.25, 0.3) is 0 Å². The first-order chi connectivity index (χ1) is 9.15. The molecular formula is C15H19N3O. The van der Waals surface area contributed by atoms with E-state index in [9.17, 15) is 0 Å². The molecule has 1 aromatic carbocycles. The fourth-order valence-electron chi connectivity index (χ4n) is 2.47. The highest BCUT2D eigenvalue weighted by molar-refractivity contribution is 5.72. The molecular weight excluding hydrogens is 238 g/mol. The summed E-state index contributed by atoms with van der Waals surface area (Å²) in [6.45, 7) is 7.81. The van der Waals surface area contributed by atoms with E-state index in [-0.39, 0.29) is 0 Å². The summed E-state index contributed by atoms with van der Waals surface area (Å²) in [7, 11) is 0. The van der Waals surface area contributed by atoms with Crippen molar-refractivity contribution in [2.45, 2.75) is 33.4 Å². The van der Waals surface area contributed by atoms with Gasteiger partial charge in [-0.2, -0.15) is 0 Å². The van der Waals surface area contributed by atoms with Crippen molar-refractivity contribution < 1.29 is 4.42 Å². The van der Waals surface area contributed by atoms with Crippen LogP contribution in [-0.2, 0) is 6.54 Å². The molecule has 0 fully saturated rings. The highest BCUT2D eigenvalue weighted by Gasteiger charge is 2.24. The number of nitrogens with one attached hydrogen (secondary N) is 1. The van der Waals surface area contributed by atoms with Crippen LogP contribution in [0.15, 0.2) is 28.7 Å². The molecule has 0 aliphatic carbocycles. The molecule has 1 unspecified atom stereocenters. The van der Waals surface area contributed by atoms with Gasteiger partial charge in [0.2, 0.25) is 5.89 Å². The van der Waals surface area contributed by atoms with Crippen LogP contribution in [0.25, 0.3) is 0 Å². The first-order valence-corrected chi connectivity index (χ1v) is 6.67. The molecule has 19 heavy (non-hydrogen) atoms. The number of aromatic nitrogens is 1. The molecule has 100 valence electrons. The lowest BCUT2D eigenvalue weighted by Crippen LogP contribution is -2.41. The van der Waals surface area contributed by atoms with Gasteiger partial charge in [0.1, 0.15) is 5.76 Å². The van der Waals surface area contributed by atoms with E-state index in [0.29, 0.717) is 12.6 Å². The number of nitrogens with zero attached hydrogens (tertiary/aromatic N) is 2. The molecule has 0 amide bonds. The molecule has 2 heterocycles. The van der Waals surface area contributed by atoms with Crippen LogP contribution in [0.3, 0.4) is 0 Å². The Balaban J connectivity index is 1.91. The largest absolute Gasteiger partial charge is 0.444 e. The van der Waals surface area contributed by atoms with Gasteiger partial charge in [0, 0.05) is 12.6 Å². The maximum Gasteiger partial charge on any atom is 0.214 e. The topological polar surface area (TPSA) is 41.3 Å². The van der Waals surface area contributed by atoms with Crippen molar-refractivity contribution in [3.63, 3.8) is 0 Å². The first-order valence-electron chi connectivity index (χ1n) is 6.67. The molecule has 1 aromatic heterocycles. The molecule has 2 aromatic rings. The van der Waals surface area contributed by atoms with Gasteiger partial charge in [-0.1, -0.05) is 12.1 Å². The summed E-state index contributed by atoms with van der Waals surface area (Å²) in [6, 6.07) is 8.79. The van der Waals surface area contributed by atoms with Gasteiger partial charge in [0.15, 0.2) is 0 Å². The average molecular weight is 257 g/mol. The van der Waals surface area contributed by atoms with Crippen LogP contribution in [0.2, 0.25) is 0 Å². The van der Waals surface area contributed by atoms with E-state index in [1.165, 1.54) is 11.4 Å². The molecule has 1 N–H and O–H groups in total. The van der Waals surface area contributed by atoms with Crippen molar-refractivity contribution in [1.82, 2.24) is 4.98 Å². The normalized spacial score (nSPS) is 18.1. The second-order valence-corrected chi connectivity index (χ2v) is 5.12. The van der Waals surface area contributed by atoms with Crippen molar-refractivity contribution in [2.24, 2.45) is 0 Å². The number of anilines is 2. The minimum atomic E-state index is 0.419. The molecule has 4 heteroatoms. The second-order valence-electron chi connectivity index (χ2n) is 5.12. The highest BCUT2D eigenvalue weighted by Crippen LogP contribution is 2.32. The maximum absolute atomic E-state index is 5.71. The molecule has 1 aliphatic heterocycles. The summed E-state index contributed by atoms with van der Waals surface area (Å²) in [5.41, 5.74) is 3.38. The molecule has 0 saturated carbocycles. The van der Waals surface area contributed by atoms with E-state index in [1.54, 1.807) is 0 Å². The first kappa shape index (κ1) is 12.1. The van der Waals surface area contributed by atoms with E-state index in [4.69, 9.17) is 4.42 Å². The fraction of sp³-hybridized carbons (Fsp3) is 0.400. The monoisotopic (exact) mass is 257 g/mol. The molecule has 0 radical (unpaired) electrons. The van der Waals surface area contributed by atoms with E-state index in [0.717, 1.165) is 23.9 Å². The number of fused-ring (bicyclic) bond motifs is 1. The lowest BCUT2D eigenvalue weighted by atomic mass is 10.1. The van der Waals surface area contributed by atoms with Gasteiger partial charge in [-0.25, -0.2) is 4.98 Å². The third-order valence-corrected chi connectivity index (χ3v) is 3.71. The lowest BCUT2D eigenvalue weighted by molar-refractivity contribution is 0.455. The Kier molecular flexibility index (Phi) is 2.93. The van der Waals surface area contributed by atoms with E-state index >= 15 is 0 Å². The van der Waals surface area contributed by atoms with Crippen LogP contribution in [0.4, 0.5) is 11.4 Å². The summed E-state index contributed by atoms with van der Waals surface area (Å²) in [5.74, 6) is 1.70. The fourth-order valence-corrected chi connectivity index (χ4v) is 2.47. The zero-order chi connectivity index (χ0) is 13.4. The number of para-hydroxylation sites is 2. The zero-order valence-corrected chi connectivity index (χ0v) is 11.6. The van der Waals surface area contributed by atoms with Crippen LogP contribution in [0, 0.1) is 13.8 Å². The van der Waals surface area contributed by atoms with Crippen molar-refractivity contribution in [3.05, 3.63) is 41.6 Å².